The van der Waals surface area contributed by atoms with Crippen LogP contribution in [0, 0.1) is 6.92 Å². The van der Waals surface area contributed by atoms with Crippen LogP contribution in [0.2, 0.25) is 0 Å². The molecule has 1 atom stereocenters. The predicted octanol–water partition coefficient (Wildman–Crippen LogP) is 14.9. The Labute approximate surface area is 353 Å². The first kappa shape index (κ1) is 36.2. The van der Waals surface area contributed by atoms with Gasteiger partial charge in [0.25, 0.3) is 0 Å². The number of benzene rings is 7. The molecule has 0 N–H and O–H groups in total. The first-order valence-electron chi connectivity index (χ1n) is 20.8. The molecule has 3 heterocycles. The van der Waals surface area contributed by atoms with Gasteiger partial charge in [-0.15, -0.1) is 11.3 Å². The van der Waals surface area contributed by atoms with E-state index in [1.54, 1.807) is 0 Å². The SMILES string of the molecule is CC[C@H](c1ccccc1)c1ccccc1-c1cc(-c2ccc3c4c(sc3c2)CCC=C4c2nc(-c3ccccc3)nc(-c3cccc4c3oc3ccccc34)n2)ccc1C. The lowest BCUT2D eigenvalue weighted by atomic mass is 9.83. The Bertz CT molecular complexity index is 3270. The van der Waals surface area contributed by atoms with Crippen LogP contribution < -0.4 is 0 Å². The third kappa shape index (κ3) is 6.25. The molecule has 3 aromatic heterocycles. The number of para-hydroxylation sites is 2. The van der Waals surface area contributed by atoms with Crippen LogP contribution in [0.3, 0.4) is 0 Å². The van der Waals surface area contributed by atoms with Crippen molar-refractivity contribution in [3.05, 3.63) is 203 Å². The van der Waals surface area contributed by atoms with Gasteiger partial charge in [0.1, 0.15) is 11.2 Å². The summed E-state index contributed by atoms with van der Waals surface area (Å²) < 4.78 is 7.75. The van der Waals surface area contributed by atoms with Gasteiger partial charge in [0.15, 0.2) is 17.5 Å². The number of aromatic nitrogens is 3. The van der Waals surface area contributed by atoms with Crippen LogP contribution in [0.4, 0.5) is 0 Å². The zero-order chi connectivity index (χ0) is 40.2. The number of furan rings is 1. The van der Waals surface area contributed by atoms with Crippen LogP contribution in [0.1, 0.15) is 58.6 Å². The molecule has 0 unspecified atom stereocenters. The molecular weight excluding hydrogens is 751 g/mol. The molecule has 0 saturated heterocycles. The Morgan fingerprint density at radius 2 is 1.28 bits per heavy atom. The summed E-state index contributed by atoms with van der Waals surface area (Å²) in [5, 5.41) is 3.36. The molecule has 5 heteroatoms. The summed E-state index contributed by atoms with van der Waals surface area (Å²) in [7, 11) is 0. The van der Waals surface area contributed by atoms with Crippen molar-refractivity contribution in [2.24, 2.45) is 0 Å². The fourth-order valence-corrected chi connectivity index (χ4v) is 10.4. The van der Waals surface area contributed by atoms with Crippen LogP contribution in [0.5, 0.6) is 0 Å². The van der Waals surface area contributed by atoms with Gasteiger partial charge in [-0.2, -0.15) is 0 Å². The van der Waals surface area contributed by atoms with Crippen molar-refractivity contribution in [1.29, 1.82) is 0 Å². The number of fused-ring (bicyclic) bond motifs is 6. The molecule has 0 aliphatic heterocycles. The monoisotopic (exact) mass is 791 g/mol. The number of hydrogen-bond acceptors (Lipinski definition) is 5. The number of thiophene rings is 1. The van der Waals surface area contributed by atoms with E-state index < -0.39 is 0 Å². The van der Waals surface area contributed by atoms with Crippen LogP contribution in [-0.4, -0.2) is 15.0 Å². The van der Waals surface area contributed by atoms with Gasteiger partial charge in [-0.1, -0.05) is 153 Å². The molecule has 0 amide bonds. The van der Waals surface area contributed by atoms with E-state index in [4.69, 9.17) is 19.4 Å². The molecule has 0 fully saturated rings. The maximum absolute atomic E-state index is 6.48. The van der Waals surface area contributed by atoms with Crippen LogP contribution in [-0.2, 0) is 6.42 Å². The third-order valence-electron chi connectivity index (χ3n) is 12.1. The molecular formula is C55H41N3OS. The van der Waals surface area contributed by atoms with Gasteiger partial charge >= 0.3 is 0 Å². The Hall–Kier alpha value is -6.95. The molecule has 288 valence electrons. The number of nitrogens with zero attached hydrogens (tertiary/aromatic N) is 3. The predicted molar refractivity (Wildman–Crippen MR) is 249 cm³/mol. The van der Waals surface area contributed by atoms with E-state index in [2.05, 4.69) is 147 Å². The van der Waals surface area contributed by atoms with Crippen molar-refractivity contribution in [3.8, 4) is 45.0 Å². The van der Waals surface area contributed by atoms with Crippen molar-refractivity contribution in [2.45, 2.75) is 39.0 Å². The van der Waals surface area contributed by atoms with Crippen LogP contribution in [0.25, 0.3) is 82.6 Å². The topological polar surface area (TPSA) is 51.8 Å². The van der Waals surface area contributed by atoms with E-state index in [1.165, 1.54) is 59.5 Å². The minimum absolute atomic E-state index is 0.324. The molecule has 4 nitrogen and oxygen atoms in total. The average molecular weight is 792 g/mol. The Kier molecular flexibility index (Phi) is 9.05. The van der Waals surface area contributed by atoms with E-state index >= 15 is 0 Å². The average Bonchev–Trinajstić information content (AvgIpc) is 3.88. The van der Waals surface area contributed by atoms with Crippen LogP contribution in [0.15, 0.2) is 174 Å². The van der Waals surface area contributed by atoms with Gasteiger partial charge < -0.3 is 4.42 Å². The van der Waals surface area contributed by atoms with Gasteiger partial charge in [-0.3, -0.25) is 0 Å². The van der Waals surface area contributed by atoms with Gasteiger partial charge in [0, 0.05) is 48.4 Å². The third-order valence-corrected chi connectivity index (χ3v) is 13.3. The fourth-order valence-electron chi connectivity index (χ4n) is 9.17. The normalized spacial score (nSPS) is 13.1. The highest BCUT2D eigenvalue weighted by Crippen LogP contribution is 2.45. The molecule has 10 aromatic rings. The van der Waals surface area contributed by atoms with Crippen molar-refractivity contribution >= 4 is 48.9 Å². The van der Waals surface area contributed by atoms with Gasteiger partial charge in [-0.25, -0.2) is 15.0 Å². The number of allylic oxidation sites excluding steroid dienone is 1. The first-order valence-corrected chi connectivity index (χ1v) is 21.7. The summed E-state index contributed by atoms with van der Waals surface area (Å²) in [6, 6.07) is 58.4. The first-order chi connectivity index (χ1) is 29.6. The lowest BCUT2D eigenvalue weighted by Crippen LogP contribution is -2.06. The second-order valence-electron chi connectivity index (χ2n) is 15.7. The smallest absolute Gasteiger partial charge is 0.167 e. The summed E-state index contributed by atoms with van der Waals surface area (Å²) in [4.78, 5) is 16.9. The lowest BCUT2D eigenvalue weighted by Gasteiger charge is -2.21. The van der Waals surface area contributed by atoms with Crippen LogP contribution >= 0.6 is 11.3 Å². The van der Waals surface area contributed by atoms with Crippen molar-refractivity contribution in [2.75, 3.05) is 0 Å². The van der Waals surface area contributed by atoms with E-state index in [-0.39, 0.29) is 0 Å². The van der Waals surface area contributed by atoms with Crippen molar-refractivity contribution < 1.29 is 4.42 Å². The molecule has 0 saturated carbocycles. The van der Waals surface area contributed by atoms with Gasteiger partial charge in [0.2, 0.25) is 0 Å². The van der Waals surface area contributed by atoms with E-state index in [1.807, 2.05) is 47.7 Å². The number of aryl methyl sites for hydroxylation is 2. The fraction of sp³-hybridized carbons (Fsp3) is 0.109. The quantitative estimate of drug-likeness (QED) is 0.154. The zero-order valence-corrected chi connectivity index (χ0v) is 34.3. The molecule has 1 aliphatic carbocycles. The second-order valence-corrected chi connectivity index (χ2v) is 16.8. The molecule has 11 rings (SSSR count). The van der Waals surface area contributed by atoms with E-state index in [0.29, 0.717) is 23.4 Å². The maximum Gasteiger partial charge on any atom is 0.167 e. The van der Waals surface area contributed by atoms with E-state index in [9.17, 15) is 0 Å². The Balaban J connectivity index is 1.01. The maximum atomic E-state index is 6.48. The molecule has 7 aromatic carbocycles. The standard InChI is InChI=1S/C55H41N3OS/c1-3-39(35-16-6-4-7-17-35)40-20-10-11-21-41(40)47-32-37(29-28-34(47)2)38-30-31-44-50(33-38)60-49-27-15-24-45(51(44)49)54-56-53(36-18-8-5-9-19-36)57-55(58-54)46-25-14-23-43-42-22-12-13-26-48(42)59-52(43)46/h4-14,16-26,28-33,39H,3,15,27H2,1-2H3/t39-/m1/s1. The van der Waals surface area contributed by atoms with Crippen molar-refractivity contribution in [1.82, 2.24) is 15.0 Å². The summed E-state index contributed by atoms with van der Waals surface area (Å²) in [5.41, 5.74) is 14.8. The summed E-state index contributed by atoms with van der Waals surface area (Å²) in [6.45, 7) is 4.52. The molecule has 0 radical (unpaired) electrons. The zero-order valence-electron chi connectivity index (χ0n) is 33.5. The van der Waals surface area contributed by atoms with Crippen molar-refractivity contribution in [3.63, 3.8) is 0 Å². The summed E-state index contributed by atoms with van der Waals surface area (Å²) >= 11 is 1.90. The Morgan fingerprint density at radius 1 is 0.583 bits per heavy atom. The highest BCUT2D eigenvalue weighted by Gasteiger charge is 2.25. The summed E-state index contributed by atoms with van der Waals surface area (Å²) in [6.07, 6.45) is 5.26. The second kappa shape index (κ2) is 15.0. The van der Waals surface area contributed by atoms with Gasteiger partial charge in [-0.05, 0) is 89.4 Å². The van der Waals surface area contributed by atoms with E-state index in [0.717, 1.165) is 57.9 Å². The molecule has 0 spiro atoms. The molecule has 0 bridgehead atoms. The summed E-state index contributed by atoms with van der Waals surface area (Å²) in [5.74, 6) is 2.25. The van der Waals surface area contributed by atoms with Gasteiger partial charge in [0.05, 0.1) is 5.56 Å². The molecule has 1 aliphatic rings. The highest BCUT2D eigenvalue weighted by atomic mass is 32.1. The largest absolute Gasteiger partial charge is 0.455 e. The molecule has 60 heavy (non-hydrogen) atoms. The Morgan fingerprint density at radius 3 is 2.15 bits per heavy atom. The highest BCUT2D eigenvalue weighted by molar-refractivity contribution is 7.19. The number of rotatable bonds is 8. The number of hydrogen-bond donors (Lipinski definition) is 0. The lowest BCUT2D eigenvalue weighted by molar-refractivity contribution is 0.669. The minimum Gasteiger partial charge on any atom is -0.455 e. The minimum atomic E-state index is 0.324.